The Morgan fingerprint density at radius 3 is 2.78 bits per heavy atom. The van der Waals surface area contributed by atoms with Crippen molar-refractivity contribution in [3.8, 4) is 0 Å². The molecule has 1 amide bonds. The van der Waals surface area contributed by atoms with Crippen molar-refractivity contribution in [3.05, 3.63) is 34.9 Å². The van der Waals surface area contributed by atoms with Gasteiger partial charge >= 0.3 is 6.09 Å². The van der Waals surface area contributed by atoms with Gasteiger partial charge in [0.1, 0.15) is 5.60 Å². The fourth-order valence-corrected chi connectivity index (χ4v) is 2.12. The number of alkyl carbamates (subject to hydrolysis) is 1. The van der Waals surface area contributed by atoms with Crippen LogP contribution in [0.4, 0.5) is 4.79 Å². The van der Waals surface area contributed by atoms with E-state index in [9.17, 15) is 4.79 Å². The lowest BCUT2D eigenvalue weighted by Gasteiger charge is -2.19. The molecule has 1 aliphatic carbocycles. The van der Waals surface area contributed by atoms with Crippen molar-refractivity contribution in [2.24, 2.45) is 0 Å². The SMILES string of the molecule is CC(C)(C)OC(=O)N[C@@H]1C[C@H]1c1cccc(Cl)c1. The summed E-state index contributed by atoms with van der Waals surface area (Å²) in [5.74, 6) is 0.358. The van der Waals surface area contributed by atoms with Crippen LogP contribution in [-0.4, -0.2) is 17.7 Å². The zero-order chi connectivity index (χ0) is 13.3. The number of hydrogen-bond donors (Lipinski definition) is 1. The fourth-order valence-electron chi connectivity index (χ4n) is 1.92. The summed E-state index contributed by atoms with van der Waals surface area (Å²) in [6, 6.07) is 7.93. The molecule has 0 spiro atoms. The van der Waals surface area contributed by atoms with Gasteiger partial charge in [-0.1, -0.05) is 23.7 Å². The maximum Gasteiger partial charge on any atom is 0.407 e. The Balaban J connectivity index is 1.87. The van der Waals surface area contributed by atoms with Gasteiger partial charge in [-0.05, 0) is 44.9 Å². The van der Waals surface area contributed by atoms with Crippen molar-refractivity contribution >= 4 is 17.7 Å². The first-order valence-corrected chi connectivity index (χ1v) is 6.48. The van der Waals surface area contributed by atoms with Crippen molar-refractivity contribution in [2.75, 3.05) is 0 Å². The summed E-state index contributed by atoms with van der Waals surface area (Å²) in [4.78, 5) is 11.6. The number of ether oxygens (including phenoxy) is 1. The second kappa shape index (κ2) is 4.81. The van der Waals surface area contributed by atoms with E-state index < -0.39 is 5.60 Å². The molecule has 0 radical (unpaired) electrons. The second-order valence-corrected chi connectivity index (χ2v) is 6.09. The molecule has 0 aromatic heterocycles. The van der Waals surface area contributed by atoms with Gasteiger partial charge in [0.2, 0.25) is 0 Å². The smallest absolute Gasteiger partial charge is 0.407 e. The highest BCUT2D eigenvalue weighted by Gasteiger charge is 2.40. The third kappa shape index (κ3) is 3.64. The van der Waals surface area contributed by atoms with E-state index in [1.807, 2.05) is 45.0 Å². The standard InChI is InChI=1S/C14H18ClNO2/c1-14(2,3)18-13(17)16-12-8-11(12)9-5-4-6-10(15)7-9/h4-7,11-12H,8H2,1-3H3,(H,16,17)/t11-,12+/m0/s1. The van der Waals surface area contributed by atoms with Gasteiger partial charge in [-0.2, -0.15) is 0 Å². The molecular weight excluding hydrogens is 250 g/mol. The van der Waals surface area contributed by atoms with Crippen molar-refractivity contribution in [3.63, 3.8) is 0 Å². The molecule has 0 unspecified atom stereocenters. The molecule has 0 bridgehead atoms. The van der Waals surface area contributed by atoms with Crippen molar-refractivity contribution in [2.45, 2.75) is 44.8 Å². The number of hydrogen-bond acceptors (Lipinski definition) is 2. The first-order chi connectivity index (χ1) is 8.35. The molecule has 3 nitrogen and oxygen atoms in total. The highest BCUT2D eigenvalue weighted by Crippen LogP contribution is 2.41. The molecule has 0 heterocycles. The maximum atomic E-state index is 11.6. The number of amides is 1. The number of benzene rings is 1. The third-order valence-electron chi connectivity index (χ3n) is 2.77. The molecule has 1 fully saturated rings. The van der Waals surface area contributed by atoms with E-state index in [-0.39, 0.29) is 12.1 Å². The topological polar surface area (TPSA) is 38.3 Å². The fraction of sp³-hybridized carbons (Fsp3) is 0.500. The largest absolute Gasteiger partial charge is 0.444 e. The normalized spacial score (nSPS) is 22.4. The number of rotatable bonds is 2. The van der Waals surface area contributed by atoms with E-state index in [2.05, 4.69) is 5.32 Å². The molecular formula is C14H18ClNO2. The summed E-state index contributed by atoms with van der Waals surface area (Å²) in [6.45, 7) is 5.57. The monoisotopic (exact) mass is 267 g/mol. The maximum absolute atomic E-state index is 11.6. The van der Waals surface area contributed by atoms with Crippen LogP contribution in [-0.2, 0) is 4.74 Å². The first-order valence-electron chi connectivity index (χ1n) is 6.10. The van der Waals surface area contributed by atoms with Gasteiger partial charge in [-0.25, -0.2) is 4.79 Å². The average molecular weight is 268 g/mol. The quantitative estimate of drug-likeness (QED) is 0.887. The van der Waals surface area contributed by atoms with Gasteiger partial charge < -0.3 is 10.1 Å². The molecule has 2 rings (SSSR count). The molecule has 18 heavy (non-hydrogen) atoms. The minimum absolute atomic E-state index is 0.165. The third-order valence-corrected chi connectivity index (χ3v) is 3.00. The summed E-state index contributed by atoms with van der Waals surface area (Å²) in [5, 5.41) is 3.61. The van der Waals surface area contributed by atoms with Gasteiger partial charge in [-0.15, -0.1) is 0 Å². The zero-order valence-corrected chi connectivity index (χ0v) is 11.6. The summed E-state index contributed by atoms with van der Waals surface area (Å²) >= 11 is 5.95. The van der Waals surface area contributed by atoms with E-state index in [0.717, 1.165) is 11.4 Å². The van der Waals surface area contributed by atoms with Gasteiger partial charge in [0, 0.05) is 17.0 Å². The number of carbonyl (C=O) groups excluding carboxylic acids is 1. The molecule has 1 aromatic carbocycles. The molecule has 1 N–H and O–H groups in total. The van der Waals surface area contributed by atoms with Crippen LogP contribution in [0.5, 0.6) is 0 Å². The van der Waals surface area contributed by atoms with Crippen LogP contribution in [0.15, 0.2) is 24.3 Å². The molecule has 1 aliphatic rings. The lowest BCUT2D eigenvalue weighted by atomic mass is 10.1. The predicted molar refractivity (Wildman–Crippen MR) is 72.0 cm³/mol. The summed E-state index contributed by atoms with van der Waals surface area (Å²) in [6.07, 6.45) is 0.594. The summed E-state index contributed by atoms with van der Waals surface area (Å²) < 4.78 is 5.22. The molecule has 1 saturated carbocycles. The highest BCUT2D eigenvalue weighted by atomic mass is 35.5. The van der Waals surface area contributed by atoms with Crippen LogP contribution >= 0.6 is 11.6 Å². The number of carbonyl (C=O) groups is 1. The second-order valence-electron chi connectivity index (χ2n) is 5.65. The highest BCUT2D eigenvalue weighted by molar-refractivity contribution is 6.30. The van der Waals surface area contributed by atoms with E-state index in [4.69, 9.17) is 16.3 Å². The lowest BCUT2D eigenvalue weighted by molar-refractivity contribution is 0.0523. The predicted octanol–water partition coefficient (Wildman–Crippen LogP) is 3.72. The Labute approximate surface area is 112 Å². The Morgan fingerprint density at radius 1 is 1.44 bits per heavy atom. The van der Waals surface area contributed by atoms with Crippen molar-refractivity contribution < 1.29 is 9.53 Å². The Morgan fingerprint density at radius 2 is 2.17 bits per heavy atom. The molecule has 4 heteroatoms. The van der Waals surface area contributed by atoms with Gasteiger partial charge in [0.15, 0.2) is 0 Å². The van der Waals surface area contributed by atoms with Crippen LogP contribution < -0.4 is 5.32 Å². The molecule has 2 atom stereocenters. The Hall–Kier alpha value is -1.22. The number of halogens is 1. The molecule has 0 aliphatic heterocycles. The summed E-state index contributed by atoms with van der Waals surface area (Å²) in [7, 11) is 0. The minimum Gasteiger partial charge on any atom is -0.444 e. The molecule has 1 aromatic rings. The van der Waals surface area contributed by atoms with Crippen LogP contribution in [0, 0.1) is 0 Å². The van der Waals surface area contributed by atoms with E-state index in [1.54, 1.807) is 0 Å². The van der Waals surface area contributed by atoms with Crippen LogP contribution in [0.3, 0.4) is 0 Å². The zero-order valence-electron chi connectivity index (χ0n) is 10.9. The van der Waals surface area contributed by atoms with Crippen molar-refractivity contribution in [1.82, 2.24) is 5.32 Å². The van der Waals surface area contributed by atoms with E-state index in [0.29, 0.717) is 5.92 Å². The van der Waals surface area contributed by atoms with Crippen LogP contribution in [0.25, 0.3) is 0 Å². The lowest BCUT2D eigenvalue weighted by Crippen LogP contribution is -2.34. The average Bonchev–Trinajstić information content (AvgIpc) is 2.93. The molecule has 0 saturated heterocycles. The van der Waals surface area contributed by atoms with E-state index in [1.165, 1.54) is 5.56 Å². The summed E-state index contributed by atoms with van der Waals surface area (Å²) in [5.41, 5.74) is 0.716. The first kappa shape index (κ1) is 13.2. The van der Waals surface area contributed by atoms with E-state index >= 15 is 0 Å². The van der Waals surface area contributed by atoms with Crippen LogP contribution in [0.1, 0.15) is 38.7 Å². The Bertz CT molecular complexity index is 453. The van der Waals surface area contributed by atoms with Gasteiger partial charge in [0.25, 0.3) is 0 Å². The van der Waals surface area contributed by atoms with Crippen LogP contribution in [0.2, 0.25) is 5.02 Å². The Kier molecular flexibility index (Phi) is 3.53. The molecule has 98 valence electrons. The minimum atomic E-state index is -0.454. The van der Waals surface area contributed by atoms with Gasteiger partial charge in [0.05, 0.1) is 0 Å². The van der Waals surface area contributed by atoms with Crippen molar-refractivity contribution in [1.29, 1.82) is 0 Å². The van der Waals surface area contributed by atoms with Gasteiger partial charge in [-0.3, -0.25) is 0 Å². The number of nitrogens with one attached hydrogen (secondary N) is 1.